The van der Waals surface area contributed by atoms with E-state index in [1.807, 2.05) is 0 Å². The molecule has 14 heavy (non-hydrogen) atoms. The molecule has 0 aliphatic heterocycles. The van der Waals surface area contributed by atoms with Crippen molar-refractivity contribution in [3.8, 4) is 0 Å². The molecule has 1 aliphatic rings. The van der Waals surface area contributed by atoms with Crippen molar-refractivity contribution in [3.05, 3.63) is 9.45 Å². The van der Waals surface area contributed by atoms with Crippen LogP contribution < -0.4 is 37.2 Å². The van der Waals surface area contributed by atoms with Gasteiger partial charge in [-0.25, -0.2) is 0 Å². The SMILES string of the molecule is CC1=[C]([Ti+3])CC(C)(C)C1(C)C.[Cl-].[Cl-].[Cl-]. The van der Waals surface area contributed by atoms with Crippen LogP contribution in [0, 0.1) is 10.8 Å². The van der Waals surface area contributed by atoms with Crippen molar-refractivity contribution in [1.29, 1.82) is 0 Å². The van der Waals surface area contributed by atoms with Crippen molar-refractivity contribution in [2.45, 2.75) is 41.0 Å². The van der Waals surface area contributed by atoms with Gasteiger partial charge in [0.25, 0.3) is 0 Å². The zero-order chi connectivity index (χ0) is 8.86. The molecule has 0 atom stereocenters. The summed E-state index contributed by atoms with van der Waals surface area (Å²) < 4.78 is 1.60. The summed E-state index contributed by atoms with van der Waals surface area (Å²) in [6, 6.07) is 0. The average Bonchev–Trinajstić information content (AvgIpc) is 1.93. The minimum absolute atomic E-state index is 0. The molecule has 0 bridgehead atoms. The molecule has 1 rings (SSSR count). The van der Waals surface area contributed by atoms with Crippen LogP contribution in [-0.4, -0.2) is 0 Å². The van der Waals surface area contributed by atoms with E-state index < -0.39 is 0 Å². The maximum Gasteiger partial charge on any atom is -1.00 e. The molecule has 0 N–H and O–H groups in total. The van der Waals surface area contributed by atoms with Gasteiger partial charge < -0.3 is 37.2 Å². The van der Waals surface area contributed by atoms with Gasteiger partial charge in [0, 0.05) is 0 Å². The molecular weight excluding hydrogens is 274 g/mol. The second-order valence-corrected chi connectivity index (χ2v) is 5.73. The third-order valence-electron chi connectivity index (χ3n) is 3.70. The summed E-state index contributed by atoms with van der Waals surface area (Å²) in [7, 11) is 0. The Morgan fingerprint density at radius 1 is 1.00 bits per heavy atom. The predicted molar refractivity (Wildman–Crippen MR) is 44.9 cm³/mol. The fraction of sp³-hybridized carbons (Fsp3) is 0.800. The number of halogens is 3. The maximum absolute atomic E-state index is 2.37. The first-order valence-electron chi connectivity index (χ1n) is 4.21. The quantitative estimate of drug-likeness (QED) is 0.390. The van der Waals surface area contributed by atoms with Gasteiger partial charge in [-0.15, -0.1) is 0 Å². The molecule has 0 saturated carbocycles. The fourth-order valence-corrected chi connectivity index (χ4v) is 2.86. The summed E-state index contributed by atoms with van der Waals surface area (Å²) in [5.41, 5.74) is 2.46. The molecule has 0 amide bonds. The van der Waals surface area contributed by atoms with Crippen LogP contribution in [0.15, 0.2) is 9.45 Å². The molecule has 0 saturated heterocycles. The molecule has 82 valence electrons. The van der Waals surface area contributed by atoms with Gasteiger partial charge in [0.2, 0.25) is 0 Å². The molecule has 4 heteroatoms. The molecule has 0 radical (unpaired) electrons. The van der Waals surface area contributed by atoms with E-state index in [1.165, 1.54) is 6.42 Å². The Balaban J connectivity index is -0.000000403. The Hall–Kier alpha value is 1.32. The van der Waals surface area contributed by atoms with Gasteiger partial charge in [-0.05, 0) is 0 Å². The molecule has 0 unspecified atom stereocenters. The average molecular weight is 291 g/mol. The van der Waals surface area contributed by atoms with Gasteiger partial charge in [0.1, 0.15) is 0 Å². The van der Waals surface area contributed by atoms with E-state index >= 15 is 0 Å². The molecule has 0 nitrogen and oxygen atoms in total. The van der Waals surface area contributed by atoms with Gasteiger partial charge in [0.15, 0.2) is 0 Å². The van der Waals surface area contributed by atoms with Gasteiger partial charge in [-0.1, -0.05) is 0 Å². The normalized spacial score (nSPS) is 21.9. The summed E-state index contributed by atoms with van der Waals surface area (Å²) in [6.45, 7) is 11.7. The Morgan fingerprint density at radius 2 is 1.36 bits per heavy atom. The van der Waals surface area contributed by atoms with Crippen molar-refractivity contribution in [2.24, 2.45) is 10.8 Å². The Morgan fingerprint density at radius 3 is 1.43 bits per heavy atom. The summed E-state index contributed by atoms with van der Waals surface area (Å²) in [4.78, 5) is 0. The smallest absolute Gasteiger partial charge is 1.00 e. The van der Waals surface area contributed by atoms with Gasteiger partial charge in [-0.2, -0.15) is 0 Å². The third-order valence-corrected chi connectivity index (χ3v) is 4.56. The Bertz CT molecular complexity index is 219. The molecule has 0 aromatic rings. The summed E-state index contributed by atoms with van der Waals surface area (Å²) >= 11 is 2.27. The second-order valence-electron chi connectivity index (χ2n) is 4.79. The van der Waals surface area contributed by atoms with E-state index in [-0.39, 0.29) is 37.2 Å². The minimum Gasteiger partial charge on any atom is -1.00 e. The van der Waals surface area contributed by atoms with Crippen LogP contribution >= 0.6 is 0 Å². The van der Waals surface area contributed by atoms with E-state index in [4.69, 9.17) is 0 Å². The zero-order valence-electron chi connectivity index (χ0n) is 9.34. The van der Waals surface area contributed by atoms with Crippen molar-refractivity contribution in [1.82, 2.24) is 0 Å². The van der Waals surface area contributed by atoms with E-state index in [0.717, 1.165) is 0 Å². The van der Waals surface area contributed by atoms with E-state index in [2.05, 4.69) is 55.1 Å². The minimum atomic E-state index is 0. The molecule has 0 fully saturated rings. The first kappa shape index (κ1) is 20.7. The van der Waals surface area contributed by atoms with Crippen molar-refractivity contribution >= 4 is 0 Å². The molecule has 0 aromatic heterocycles. The molecule has 0 heterocycles. The number of rotatable bonds is 0. The molecular formula is C10H17Cl3Ti. The summed E-state index contributed by atoms with van der Waals surface area (Å²) in [5, 5.41) is 0. The van der Waals surface area contributed by atoms with Gasteiger partial charge >= 0.3 is 81.8 Å². The van der Waals surface area contributed by atoms with Gasteiger partial charge in [0.05, 0.1) is 0 Å². The van der Waals surface area contributed by atoms with Crippen molar-refractivity contribution in [2.75, 3.05) is 0 Å². The standard InChI is InChI=1S/C10H17.3ClH.Ti/c1-8-6-7-9(2,3)10(8,4)5;;;;/h7H2,1-5H3;3*1H;/q;;;;+3/p-3. The van der Waals surface area contributed by atoms with E-state index in [1.54, 1.807) is 9.45 Å². The zero-order valence-corrected chi connectivity index (χ0v) is 13.2. The first-order chi connectivity index (χ1) is 4.79. The van der Waals surface area contributed by atoms with Crippen LogP contribution in [0.5, 0.6) is 0 Å². The first-order valence-corrected chi connectivity index (χ1v) is 4.99. The van der Waals surface area contributed by atoms with E-state index in [0.29, 0.717) is 10.8 Å². The summed E-state index contributed by atoms with van der Waals surface area (Å²) in [6.07, 6.45) is 1.27. The number of hydrogen-bond donors (Lipinski definition) is 0. The number of hydrogen-bond acceptors (Lipinski definition) is 0. The fourth-order valence-electron chi connectivity index (χ4n) is 1.68. The van der Waals surface area contributed by atoms with Crippen LogP contribution in [0.25, 0.3) is 0 Å². The topological polar surface area (TPSA) is 0 Å². The molecule has 0 aromatic carbocycles. The van der Waals surface area contributed by atoms with Gasteiger partial charge in [-0.3, -0.25) is 0 Å². The van der Waals surface area contributed by atoms with Crippen molar-refractivity contribution < 1.29 is 57.7 Å². The largest absolute Gasteiger partial charge is 1.00 e. The number of allylic oxidation sites excluding steroid dienone is 2. The second kappa shape index (κ2) is 6.16. The molecule has 0 spiro atoms. The Kier molecular flexibility index (Phi) is 9.10. The maximum atomic E-state index is 2.37. The summed E-state index contributed by atoms with van der Waals surface area (Å²) in [5.74, 6) is 0. The van der Waals surface area contributed by atoms with Crippen LogP contribution in [0.1, 0.15) is 41.0 Å². The van der Waals surface area contributed by atoms with Crippen LogP contribution in [-0.2, 0) is 20.4 Å². The third kappa shape index (κ3) is 3.16. The van der Waals surface area contributed by atoms with Crippen LogP contribution in [0.3, 0.4) is 0 Å². The van der Waals surface area contributed by atoms with Crippen LogP contribution in [0.2, 0.25) is 0 Å². The molecule has 1 aliphatic carbocycles. The Labute approximate surface area is 118 Å². The van der Waals surface area contributed by atoms with E-state index in [9.17, 15) is 0 Å². The van der Waals surface area contributed by atoms with Crippen molar-refractivity contribution in [3.63, 3.8) is 0 Å². The predicted octanol–water partition coefficient (Wildman–Crippen LogP) is -5.72. The monoisotopic (exact) mass is 290 g/mol. The van der Waals surface area contributed by atoms with Crippen LogP contribution in [0.4, 0.5) is 0 Å².